The van der Waals surface area contributed by atoms with Gasteiger partial charge in [-0.2, -0.15) is 0 Å². The normalized spacial score (nSPS) is 28.6. The van der Waals surface area contributed by atoms with Gasteiger partial charge < -0.3 is 9.47 Å². The Bertz CT molecular complexity index is 415. The first-order chi connectivity index (χ1) is 9.53. The lowest BCUT2D eigenvalue weighted by Gasteiger charge is -2.44. The molecule has 112 valence electrons. The molecule has 3 rings (SSSR count). The number of hydrogen-bond donors (Lipinski definition) is 0. The summed E-state index contributed by atoms with van der Waals surface area (Å²) < 4.78 is 11.7. The van der Waals surface area contributed by atoms with Gasteiger partial charge in [-0.15, -0.1) is 0 Å². The fourth-order valence-corrected chi connectivity index (χ4v) is 3.89. The van der Waals surface area contributed by atoms with Crippen molar-refractivity contribution in [2.45, 2.75) is 65.1 Å². The molecule has 0 unspecified atom stereocenters. The maximum atomic E-state index is 5.87. The highest BCUT2D eigenvalue weighted by Gasteiger charge is 2.45. The molecule has 1 saturated carbocycles. The van der Waals surface area contributed by atoms with E-state index in [1.54, 1.807) is 5.57 Å². The molecule has 2 fully saturated rings. The van der Waals surface area contributed by atoms with Gasteiger partial charge in [0, 0.05) is 12.8 Å². The fraction of sp³-hybridized carbons (Fsp3) is 0.778. The molecule has 0 aromatic heterocycles. The predicted octanol–water partition coefficient (Wildman–Crippen LogP) is 4.61. The van der Waals surface area contributed by atoms with Crippen LogP contribution in [0.3, 0.4) is 0 Å². The first-order valence-corrected chi connectivity index (χ1v) is 8.22. The van der Waals surface area contributed by atoms with E-state index >= 15 is 0 Å². The van der Waals surface area contributed by atoms with Crippen molar-refractivity contribution in [2.75, 3.05) is 13.2 Å². The highest BCUT2D eigenvalue weighted by atomic mass is 16.7. The lowest BCUT2D eigenvalue weighted by Crippen LogP contribution is -2.39. The highest BCUT2D eigenvalue weighted by Crippen LogP contribution is 2.50. The van der Waals surface area contributed by atoms with Gasteiger partial charge in [-0.05, 0) is 42.6 Å². The van der Waals surface area contributed by atoms with Gasteiger partial charge in [0.15, 0.2) is 5.79 Å². The number of hydrogen-bond acceptors (Lipinski definition) is 2. The number of ether oxygens (including phenoxy) is 2. The molecule has 0 atom stereocenters. The van der Waals surface area contributed by atoms with Crippen molar-refractivity contribution >= 4 is 0 Å². The van der Waals surface area contributed by atoms with Crippen molar-refractivity contribution in [3.63, 3.8) is 0 Å². The smallest absolute Gasteiger partial charge is 0.168 e. The van der Waals surface area contributed by atoms with Gasteiger partial charge in [0.2, 0.25) is 0 Å². The van der Waals surface area contributed by atoms with Gasteiger partial charge in [0.25, 0.3) is 0 Å². The van der Waals surface area contributed by atoms with Gasteiger partial charge in [0.05, 0.1) is 13.2 Å². The average Bonchev–Trinajstić information content (AvgIpc) is 2.92. The third-order valence-corrected chi connectivity index (χ3v) is 5.51. The molecule has 2 aliphatic carbocycles. The van der Waals surface area contributed by atoms with Crippen molar-refractivity contribution < 1.29 is 9.47 Å². The second-order valence-corrected chi connectivity index (χ2v) is 7.24. The Balaban J connectivity index is 1.72. The summed E-state index contributed by atoms with van der Waals surface area (Å²) in [5.74, 6) is 0.413. The van der Waals surface area contributed by atoms with Crippen LogP contribution in [0.15, 0.2) is 23.3 Å². The molecular weight excluding hydrogens is 248 g/mol. The standard InChI is InChI=1S/C18H28O2/c1-14(2)15-5-4-6-16(13-15)17(3)7-9-18(10-8-17)19-11-12-20-18/h5,13-14H,4,6-12H2,1-3H3. The van der Waals surface area contributed by atoms with Crippen LogP contribution in [0.25, 0.3) is 0 Å². The van der Waals surface area contributed by atoms with Crippen LogP contribution in [-0.4, -0.2) is 19.0 Å². The molecule has 0 bridgehead atoms. The van der Waals surface area contributed by atoms with Crippen LogP contribution < -0.4 is 0 Å². The maximum absolute atomic E-state index is 5.87. The van der Waals surface area contributed by atoms with E-state index in [1.165, 1.54) is 31.3 Å². The summed E-state index contributed by atoms with van der Waals surface area (Å²) >= 11 is 0. The van der Waals surface area contributed by atoms with Gasteiger partial charge in [-0.1, -0.05) is 38.5 Å². The average molecular weight is 276 g/mol. The van der Waals surface area contributed by atoms with Crippen molar-refractivity contribution in [1.82, 2.24) is 0 Å². The van der Waals surface area contributed by atoms with E-state index in [0.29, 0.717) is 11.3 Å². The Morgan fingerprint density at radius 2 is 1.70 bits per heavy atom. The molecule has 0 aromatic carbocycles. The minimum atomic E-state index is -0.231. The largest absolute Gasteiger partial charge is 0.348 e. The zero-order valence-corrected chi connectivity index (χ0v) is 13.2. The van der Waals surface area contributed by atoms with Crippen LogP contribution in [0, 0.1) is 11.3 Å². The molecule has 3 aliphatic rings. The van der Waals surface area contributed by atoms with E-state index in [4.69, 9.17) is 9.47 Å². The SMILES string of the molecule is CC(C)C1=CCCC(C2(C)CCC3(CC2)OCCO3)=C1. The summed E-state index contributed by atoms with van der Waals surface area (Å²) in [6, 6.07) is 0. The van der Waals surface area contributed by atoms with Crippen LogP contribution in [0.4, 0.5) is 0 Å². The molecule has 1 heterocycles. The molecule has 1 aliphatic heterocycles. The Morgan fingerprint density at radius 1 is 1.05 bits per heavy atom. The Kier molecular flexibility index (Phi) is 3.81. The molecule has 1 saturated heterocycles. The van der Waals surface area contributed by atoms with Crippen LogP contribution in [0.5, 0.6) is 0 Å². The van der Waals surface area contributed by atoms with Gasteiger partial charge >= 0.3 is 0 Å². The molecule has 0 radical (unpaired) electrons. The topological polar surface area (TPSA) is 18.5 Å². The van der Waals surface area contributed by atoms with E-state index in [-0.39, 0.29) is 5.79 Å². The highest BCUT2D eigenvalue weighted by molar-refractivity contribution is 5.33. The van der Waals surface area contributed by atoms with Crippen molar-refractivity contribution in [2.24, 2.45) is 11.3 Å². The van der Waals surface area contributed by atoms with Gasteiger partial charge in [0.1, 0.15) is 0 Å². The molecule has 2 heteroatoms. The van der Waals surface area contributed by atoms with E-state index < -0.39 is 0 Å². The third-order valence-electron chi connectivity index (χ3n) is 5.51. The lowest BCUT2D eigenvalue weighted by atomic mass is 9.66. The first kappa shape index (κ1) is 14.3. The molecule has 0 amide bonds. The summed E-state index contributed by atoms with van der Waals surface area (Å²) in [6.45, 7) is 8.59. The van der Waals surface area contributed by atoms with Crippen LogP contribution in [0.1, 0.15) is 59.3 Å². The van der Waals surface area contributed by atoms with Crippen molar-refractivity contribution in [3.8, 4) is 0 Å². The van der Waals surface area contributed by atoms with Crippen LogP contribution in [-0.2, 0) is 9.47 Å². The molecule has 2 nitrogen and oxygen atoms in total. The zero-order valence-electron chi connectivity index (χ0n) is 13.2. The van der Waals surface area contributed by atoms with E-state index in [9.17, 15) is 0 Å². The van der Waals surface area contributed by atoms with E-state index in [2.05, 4.69) is 32.9 Å². The number of rotatable bonds is 2. The summed E-state index contributed by atoms with van der Waals surface area (Å²) in [6.07, 6.45) is 11.9. The summed E-state index contributed by atoms with van der Waals surface area (Å²) in [4.78, 5) is 0. The quantitative estimate of drug-likeness (QED) is 0.733. The second-order valence-electron chi connectivity index (χ2n) is 7.24. The van der Waals surface area contributed by atoms with E-state index in [1.807, 2.05) is 0 Å². The van der Waals surface area contributed by atoms with Gasteiger partial charge in [-0.25, -0.2) is 0 Å². The predicted molar refractivity (Wildman–Crippen MR) is 81.4 cm³/mol. The fourth-order valence-electron chi connectivity index (χ4n) is 3.89. The summed E-state index contributed by atoms with van der Waals surface area (Å²) in [7, 11) is 0. The van der Waals surface area contributed by atoms with Crippen molar-refractivity contribution in [3.05, 3.63) is 23.3 Å². The maximum Gasteiger partial charge on any atom is 0.168 e. The summed E-state index contributed by atoms with van der Waals surface area (Å²) in [5.41, 5.74) is 3.55. The minimum Gasteiger partial charge on any atom is -0.348 e. The van der Waals surface area contributed by atoms with Crippen LogP contribution >= 0.6 is 0 Å². The Hall–Kier alpha value is -0.600. The lowest BCUT2D eigenvalue weighted by molar-refractivity contribution is -0.187. The Labute approximate surface area is 123 Å². The first-order valence-electron chi connectivity index (χ1n) is 8.22. The second kappa shape index (κ2) is 5.31. The molecule has 1 spiro atoms. The van der Waals surface area contributed by atoms with Crippen molar-refractivity contribution in [1.29, 1.82) is 0 Å². The Morgan fingerprint density at radius 3 is 2.30 bits per heavy atom. The molecule has 0 N–H and O–H groups in total. The molecule has 0 aromatic rings. The summed E-state index contributed by atoms with van der Waals surface area (Å²) in [5, 5.41) is 0. The zero-order chi connectivity index (χ0) is 14.2. The van der Waals surface area contributed by atoms with Crippen LogP contribution in [0.2, 0.25) is 0 Å². The third kappa shape index (κ3) is 2.60. The monoisotopic (exact) mass is 276 g/mol. The molecular formula is C18H28O2. The molecule has 20 heavy (non-hydrogen) atoms. The van der Waals surface area contributed by atoms with Gasteiger partial charge in [-0.3, -0.25) is 0 Å². The van der Waals surface area contributed by atoms with E-state index in [0.717, 1.165) is 26.1 Å². The number of allylic oxidation sites excluding steroid dienone is 4. The minimum absolute atomic E-state index is 0.231.